The first kappa shape index (κ1) is 13.8. The van der Waals surface area contributed by atoms with E-state index < -0.39 is 0 Å². The second-order valence-electron chi connectivity index (χ2n) is 5.66. The van der Waals surface area contributed by atoms with Gasteiger partial charge in [-0.2, -0.15) is 0 Å². The van der Waals surface area contributed by atoms with Gasteiger partial charge in [-0.25, -0.2) is 9.97 Å². The third-order valence-electron chi connectivity index (χ3n) is 3.82. The Morgan fingerprint density at radius 1 is 1.38 bits per heavy atom. The van der Waals surface area contributed by atoms with Crippen LogP contribution in [0.5, 0.6) is 0 Å². The Hall–Kier alpha value is -2.17. The van der Waals surface area contributed by atoms with Crippen molar-refractivity contribution >= 4 is 5.91 Å². The number of amides is 1. The molecule has 1 amide bonds. The molecule has 5 heteroatoms. The van der Waals surface area contributed by atoms with Gasteiger partial charge in [-0.15, -0.1) is 0 Å². The third-order valence-corrected chi connectivity index (χ3v) is 3.82. The zero-order valence-electron chi connectivity index (χ0n) is 12.3. The zero-order valence-corrected chi connectivity index (χ0v) is 12.3. The van der Waals surface area contributed by atoms with Crippen molar-refractivity contribution in [2.24, 2.45) is 0 Å². The molecular weight excluding hydrogens is 266 g/mol. The fourth-order valence-corrected chi connectivity index (χ4v) is 2.70. The number of nitrogens with zero attached hydrogens (tertiary/aromatic N) is 3. The number of carbonyl (C=O) groups excluding carboxylic acids is 1. The minimum absolute atomic E-state index is 0.0239. The second kappa shape index (κ2) is 5.68. The first-order valence-electron chi connectivity index (χ1n) is 7.33. The van der Waals surface area contributed by atoms with Crippen molar-refractivity contribution in [3.05, 3.63) is 47.9 Å². The molecule has 1 aliphatic heterocycles. The van der Waals surface area contributed by atoms with E-state index in [2.05, 4.69) is 9.97 Å². The Balaban J connectivity index is 1.81. The van der Waals surface area contributed by atoms with Crippen LogP contribution in [-0.2, 0) is 0 Å². The maximum absolute atomic E-state index is 12.6. The van der Waals surface area contributed by atoms with Crippen molar-refractivity contribution in [2.75, 3.05) is 6.54 Å². The monoisotopic (exact) mass is 285 g/mol. The summed E-state index contributed by atoms with van der Waals surface area (Å²) < 4.78 is 5.46. The third kappa shape index (κ3) is 2.68. The average Bonchev–Trinajstić information content (AvgIpc) is 3.17. The van der Waals surface area contributed by atoms with Crippen molar-refractivity contribution in [1.82, 2.24) is 14.9 Å². The molecule has 0 N–H and O–H groups in total. The standard InChI is InChI=1S/C16H19N3O2/c1-11(2)15-17-9-12(10-18-15)16(20)19-7-3-5-13(19)14-6-4-8-21-14/h4,6,8-11,13H,3,5,7H2,1-2H3/t13-/m0/s1. The van der Waals surface area contributed by atoms with E-state index in [9.17, 15) is 4.79 Å². The highest BCUT2D eigenvalue weighted by atomic mass is 16.3. The summed E-state index contributed by atoms with van der Waals surface area (Å²) in [4.78, 5) is 23.0. The van der Waals surface area contributed by atoms with Crippen molar-refractivity contribution in [3.63, 3.8) is 0 Å². The number of aromatic nitrogens is 2. The molecule has 2 aromatic heterocycles. The maximum Gasteiger partial charge on any atom is 0.257 e. The molecule has 5 nitrogen and oxygen atoms in total. The molecule has 0 bridgehead atoms. The fourth-order valence-electron chi connectivity index (χ4n) is 2.70. The van der Waals surface area contributed by atoms with Crippen molar-refractivity contribution in [1.29, 1.82) is 0 Å². The number of rotatable bonds is 3. The van der Waals surface area contributed by atoms with Crippen LogP contribution in [0, 0.1) is 0 Å². The Bertz CT molecular complexity index is 605. The molecule has 110 valence electrons. The van der Waals surface area contributed by atoms with Crippen LogP contribution in [0.25, 0.3) is 0 Å². The summed E-state index contributed by atoms with van der Waals surface area (Å²) in [5, 5.41) is 0. The summed E-state index contributed by atoms with van der Waals surface area (Å²) in [6, 6.07) is 3.81. The normalized spacial score (nSPS) is 18.4. The average molecular weight is 285 g/mol. The Morgan fingerprint density at radius 3 is 2.76 bits per heavy atom. The molecule has 1 aliphatic rings. The van der Waals surface area contributed by atoms with Crippen LogP contribution in [-0.4, -0.2) is 27.3 Å². The van der Waals surface area contributed by atoms with Gasteiger partial charge in [0.25, 0.3) is 5.91 Å². The topological polar surface area (TPSA) is 59.2 Å². The highest BCUT2D eigenvalue weighted by Crippen LogP contribution is 2.33. The van der Waals surface area contributed by atoms with Crippen LogP contribution < -0.4 is 0 Å². The van der Waals surface area contributed by atoms with Crippen LogP contribution >= 0.6 is 0 Å². The smallest absolute Gasteiger partial charge is 0.257 e. The van der Waals surface area contributed by atoms with Crippen LogP contribution in [0.2, 0.25) is 0 Å². The van der Waals surface area contributed by atoms with Crippen LogP contribution in [0.15, 0.2) is 35.2 Å². The minimum Gasteiger partial charge on any atom is -0.467 e. The minimum atomic E-state index is -0.0239. The summed E-state index contributed by atoms with van der Waals surface area (Å²) in [6.07, 6.45) is 6.83. The van der Waals surface area contributed by atoms with Gasteiger partial charge in [0.15, 0.2) is 0 Å². The molecule has 0 unspecified atom stereocenters. The van der Waals surface area contributed by atoms with E-state index in [0.29, 0.717) is 5.56 Å². The summed E-state index contributed by atoms with van der Waals surface area (Å²) in [5.41, 5.74) is 0.540. The Morgan fingerprint density at radius 2 is 2.14 bits per heavy atom. The molecule has 2 aromatic rings. The predicted octanol–water partition coefficient (Wildman–Crippen LogP) is 3.17. The number of carbonyl (C=O) groups is 1. The number of furan rings is 1. The molecule has 1 atom stereocenters. The lowest BCUT2D eigenvalue weighted by atomic mass is 10.1. The molecule has 1 saturated heterocycles. The van der Waals surface area contributed by atoms with Gasteiger partial charge in [-0.3, -0.25) is 4.79 Å². The lowest BCUT2D eigenvalue weighted by Crippen LogP contribution is -2.30. The molecular formula is C16H19N3O2. The van der Waals surface area contributed by atoms with Crippen LogP contribution in [0.3, 0.4) is 0 Å². The summed E-state index contributed by atoms with van der Waals surface area (Å²) in [5.74, 6) is 1.84. The summed E-state index contributed by atoms with van der Waals surface area (Å²) in [7, 11) is 0. The van der Waals surface area contributed by atoms with Gasteiger partial charge in [0.2, 0.25) is 0 Å². The predicted molar refractivity (Wildman–Crippen MR) is 77.8 cm³/mol. The van der Waals surface area contributed by atoms with Crippen molar-refractivity contribution in [2.45, 2.75) is 38.6 Å². The number of hydrogen-bond donors (Lipinski definition) is 0. The first-order chi connectivity index (χ1) is 10.2. The largest absolute Gasteiger partial charge is 0.467 e. The quantitative estimate of drug-likeness (QED) is 0.869. The summed E-state index contributed by atoms with van der Waals surface area (Å²) >= 11 is 0. The van der Waals surface area contributed by atoms with E-state index >= 15 is 0 Å². The van der Waals surface area contributed by atoms with E-state index in [-0.39, 0.29) is 17.9 Å². The highest BCUT2D eigenvalue weighted by molar-refractivity contribution is 5.94. The lowest BCUT2D eigenvalue weighted by molar-refractivity contribution is 0.0719. The van der Waals surface area contributed by atoms with Gasteiger partial charge < -0.3 is 9.32 Å². The molecule has 0 aliphatic carbocycles. The molecule has 3 heterocycles. The molecule has 0 aromatic carbocycles. The van der Waals surface area contributed by atoms with E-state index in [1.807, 2.05) is 30.9 Å². The fraction of sp³-hybridized carbons (Fsp3) is 0.438. The maximum atomic E-state index is 12.6. The van der Waals surface area contributed by atoms with Crippen molar-refractivity contribution < 1.29 is 9.21 Å². The molecule has 0 saturated carbocycles. The number of likely N-dealkylation sites (tertiary alicyclic amines) is 1. The highest BCUT2D eigenvalue weighted by Gasteiger charge is 2.32. The van der Waals surface area contributed by atoms with Crippen LogP contribution in [0.4, 0.5) is 0 Å². The SMILES string of the molecule is CC(C)c1ncc(C(=O)N2CCC[C@H]2c2ccco2)cn1. The van der Waals surface area contributed by atoms with E-state index in [4.69, 9.17) is 4.42 Å². The first-order valence-corrected chi connectivity index (χ1v) is 7.33. The van der Waals surface area contributed by atoms with Gasteiger partial charge in [-0.05, 0) is 25.0 Å². The van der Waals surface area contributed by atoms with Gasteiger partial charge in [0, 0.05) is 24.9 Å². The van der Waals surface area contributed by atoms with E-state index in [1.165, 1.54) is 0 Å². The van der Waals surface area contributed by atoms with E-state index in [1.54, 1.807) is 18.7 Å². The Kier molecular flexibility index (Phi) is 3.73. The zero-order chi connectivity index (χ0) is 14.8. The van der Waals surface area contributed by atoms with Gasteiger partial charge in [-0.1, -0.05) is 13.8 Å². The molecule has 1 fully saturated rings. The Labute approximate surface area is 124 Å². The van der Waals surface area contributed by atoms with Gasteiger partial charge >= 0.3 is 0 Å². The van der Waals surface area contributed by atoms with Crippen molar-refractivity contribution in [3.8, 4) is 0 Å². The van der Waals surface area contributed by atoms with Crippen LogP contribution in [0.1, 0.15) is 60.6 Å². The molecule has 0 radical (unpaired) electrons. The van der Waals surface area contributed by atoms with Gasteiger partial charge in [0.1, 0.15) is 11.6 Å². The summed E-state index contributed by atoms with van der Waals surface area (Å²) in [6.45, 7) is 4.81. The molecule has 21 heavy (non-hydrogen) atoms. The number of hydrogen-bond acceptors (Lipinski definition) is 4. The lowest BCUT2D eigenvalue weighted by Gasteiger charge is -2.23. The van der Waals surface area contributed by atoms with E-state index in [0.717, 1.165) is 31.0 Å². The second-order valence-corrected chi connectivity index (χ2v) is 5.66. The van der Waals surface area contributed by atoms with Gasteiger partial charge in [0.05, 0.1) is 17.9 Å². The molecule has 0 spiro atoms. The molecule has 3 rings (SSSR count).